The number of thiazole rings is 1. The average Bonchev–Trinajstić information content (AvgIpc) is 3.57. The van der Waals surface area contributed by atoms with Crippen molar-refractivity contribution in [3.05, 3.63) is 59.1 Å². The van der Waals surface area contributed by atoms with Crippen LogP contribution >= 0.6 is 11.3 Å². The van der Waals surface area contributed by atoms with Crippen LogP contribution in [-0.2, 0) is 4.79 Å². The fraction of sp³-hybridized carbons (Fsp3) is 0.222. The summed E-state index contributed by atoms with van der Waals surface area (Å²) >= 11 is 1.41. The highest BCUT2D eigenvalue weighted by atomic mass is 32.1. The maximum absolute atomic E-state index is 12.8. The lowest BCUT2D eigenvalue weighted by Gasteiger charge is -2.12. The number of amides is 1. The molecule has 0 fully saturated rings. The van der Waals surface area contributed by atoms with E-state index in [0.29, 0.717) is 45.3 Å². The van der Waals surface area contributed by atoms with Crippen molar-refractivity contribution in [1.29, 1.82) is 0 Å². The summed E-state index contributed by atoms with van der Waals surface area (Å²) in [4.78, 5) is 17.5. The Morgan fingerprint density at radius 3 is 2.21 bits per heavy atom. The van der Waals surface area contributed by atoms with Gasteiger partial charge in [-0.25, -0.2) is 4.98 Å². The molecule has 11 heteroatoms. The highest BCUT2D eigenvalue weighted by Crippen LogP contribution is 2.38. The fourth-order valence-corrected chi connectivity index (χ4v) is 4.56. The Morgan fingerprint density at radius 1 is 0.895 bits per heavy atom. The third kappa shape index (κ3) is 5.57. The normalized spacial score (nSPS) is 10.9. The lowest BCUT2D eigenvalue weighted by molar-refractivity contribution is -0.111. The van der Waals surface area contributed by atoms with E-state index in [1.165, 1.54) is 38.7 Å². The minimum absolute atomic E-state index is 0.337. The fourth-order valence-electron chi connectivity index (χ4n) is 3.76. The molecule has 1 amide bonds. The van der Waals surface area contributed by atoms with Crippen LogP contribution in [0.4, 0.5) is 5.82 Å². The maximum atomic E-state index is 12.8. The van der Waals surface area contributed by atoms with Crippen molar-refractivity contribution in [2.45, 2.75) is 6.92 Å². The third-order valence-electron chi connectivity index (χ3n) is 5.55. The first-order valence-electron chi connectivity index (χ1n) is 11.4. The molecule has 4 aromatic rings. The zero-order chi connectivity index (χ0) is 27.2. The number of hydrogen-bond donors (Lipinski definition) is 1. The van der Waals surface area contributed by atoms with Gasteiger partial charge in [-0.1, -0.05) is 0 Å². The van der Waals surface area contributed by atoms with Gasteiger partial charge in [-0.2, -0.15) is 9.78 Å². The van der Waals surface area contributed by atoms with Gasteiger partial charge in [0.2, 0.25) is 16.8 Å². The Kier molecular flexibility index (Phi) is 8.17. The van der Waals surface area contributed by atoms with Gasteiger partial charge in [-0.3, -0.25) is 4.79 Å². The van der Waals surface area contributed by atoms with Gasteiger partial charge < -0.3 is 29.0 Å². The predicted octanol–water partition coefficient (Wildman–Crippen LogP) is 5.00. The Labute approximate surface area is 224 Å². The molecule has 2 heterocycles. The highest BCUT2D eigenvalue weighted by Gasteiger charge is 2.16. The second-order valence-corrected chi connectivity index (χ2v) is 8.79. The summed E-state index contributed by atoms with van der Waals surface area (Å²) in [5.41, 5.74) is 3.06. The van der Waals surface area contributed by atoms with Crippen molar-refractivity contribution in [3.8, 4) is 45.1 Å². The second kappa shape index (κ2) is 11.7. The highest BCUT2D eigenvalue weighted by molar-refractivity contribution is 7.12. The number of rotatable bonds is 10. The van der Waals surface area contributed by atoms with Crippen molar-refractivity contribution in [1.82, 2.24) is 14.8 Å². The van der Waals surface area contributed by atoms with Crippen molar-refractivity contribution >= 4 is 29.1 Å². The Hall–Kier alpha value is -4.51. The summed E-state index contributed by atoms with van der Waals surface area (Å²) in [6, 6.07) is 10.9. The number of aryl methyl sites for hydroxylation is 1. The minimum Gasteiger partial charge on any atom is -0.493 e. The minimum atomic E-state index is -0.337. The van der Waals surface area contributed by atoms with Crippen LogP contribution in [0.3, 0.4) is 0 Å². The Morgan fingerprint density at radius 2 is 1.58 bits per heavy atom. The molecule has 38 heavy (non-hydrogen) atoms. The molecule has 0 aliphatic carbocycles. The van der Waals surface area contributed by atoms with Gasteiger partial charge in [0.25, 0.3) is 0 Å². The van der Waals surface area contributed by atoms with Crippen LogP contribution in [0.1, 0.15) is 11.3 Å². The molecular formula is C27H28N4O6S. The predicted molar refractivity (Wildman–Crippen MR) is 146 cm³/mol. The first kappa shape index (κ1) is 26.6. The number of carbonyl (C=O) groups is 1. The smallest absolute Gasteiger partial charge is 0.249 e. The van der Waals surface area contributed by atoms with E-state index in [1.807, 2.05) is 30.5 Å². The standard InChI is InChI=1S/C27H28N4O6S/c1-16-11-24(29-25(32)10-7-17-12-22(35-4)26(37-6)23(13-17)36-5)31(30-16)27-28-19(15-38-27)18-8-9-20(33-2)21(14-18)34-3/h7-15H,1-6H3,(H,29,32)/b10-7+. The van der Waals surface area contributed by atoms with Crippen LogP contribution in [0, 0.1) is 6.92 Å². The number of aromatic nitrogens is 3. The number of ether oxygens (including phenoxy) is 5. The number of methoxy groups -OCH3 is 5. The quantitative estimate of drug-likeness (QED) is 0.282. The van der Waals surface area contributed by atoms with E-state index >= 15 is 0 Å². The molecule has 0 saturated carbocycles. The van der Waals surface area contributed by atoms with Crippen molar-refractivity contribution in [2.75, 3.05) is 40.9 Å². The third-order valence-corrected chi connectivity index (χ3v) is 6.37. The number of hydrogen-bond acceptors (Lipinski definition) is 9. The largest absolute Gasteiger partial charge is 0.493 e. The molecule has 0 spiro atoms. The zero-order valence-corrected chi connectivity index (χ0v) is 22.7. The number of nitrogens with zero attached hydrogens (tertiary/aromatic N) is 3. The van der Waals surface area contributed by atoms with E-state index < -0.39 is 0 Å². The van der Waals surface area contributed by atoms with Gasteiger partial charge >= 0.3 is 0 Å². The molecule has 0 saturated heterocycles. The molecule has 0 atom stereocenters. The van der Waals surface area contributed by atoms with E-state index in [-0.39, 0.29) is 5.91 Å². The summed E-state index contributed by atoms with van der Waals surface area (Å²) in [5, 5.41) is 9.92. The van der Waals surface area contributed by atoms with Crippen LogP contribution in [0.2, 0.25) is 0 Å². The summed E-state index contributed by atoms with van der Waals surface area (Å²) in [5.74, 6) is 2.88. The van der Waals surface area contributed by atoms with Gasteiger partial charge in [0.1, 0.15) is 5.82 Å². The van der Waals surface area contributed by atoms with Crippen LogP contribution in [0.5, 0.6) is 28.7 Å². The molecule has 0 bridgehead atoms. The number of carbonyl (C=O) groups excluding carboxylic acids is 1. The van der Waals surface area contributed by atoms with E-state index in [1.54, 1.807) is 43.2 Å². The lowest BCUT2D eigenvalue weighted by atomic mass is 10.1. The molecular weight excluding hydrogens is 508 g/mol. The topological polar surface area (TPSA) is 106 Å². The van der Waals surface area contributed by atoms with Gasteiger partial charge in [0.05, 0.1) is 46.9 Å². The number of benzene rings is 2. The second-order valence-electron chi connectivity index (χ2n) is 7.95. The lowest BCUT2D eigenvalue weighted by Crippen LogP contribution is -2.12. The van der Waals surface area contributed by atoms with Crippen LogP contribution in [0.15, 0.2) is 47.9 Å². The first-order chi connectivity index (χ1) is 18.4. The van der Waals surface area contributed by atoms with Crippen LogP contribution in [-0.4, -0.2) is 56.2 Å². The Balaban J connectivity index is 1.55. The van der Waals surface area contributed by atoms with E-state index in [0.717, 1.165) is 17.0 Å². The van der Waals surface area contributed by atoms with Gasteiger partial charge in [0, 0.05) is 23.1 Å². The molecule has 0 unspecified atom stereocenters. The molecule has 0 radical (unpaired) electrons. The van der Waals surface area contributed by atoms with Gasteiger partial charge in [-0.15, -0.1) is 11.3 Å². The van der Waals surface area contributed by atoms with Crippen LogP contribution in [0.25, 0.3) is 22.5 Å². The average molecular weight is 537 g/mol. The maximum Gasteiger partial charge on any atom is 0.249 e. The van der Waals surface area contributed by atoms with E-state index in [4.69, 9.17) is 28.7 Å². The molecule has 4 rings (SSSR count). The van der Waals surface area contributed by atoms with E-state index in [2.05, 4.69) is 10.4 Å². The number of anilines is 1. The SMILES string of the molecule is COc1ccc(-c2csc(-n3nc(C)cc3NC(=O)/C=C/c3cc(OC)c(OC)c(OC)c3)n2)cc1OC. The summed E-state index contributed by atoms with van der Waals surface area (Å²) in [6.45, 7) is 1.85. The van der Waals surface area contributed by atoms with Gasteiger partial charge in [0.15, 0.2) is 23.0 Å². The van der Waals surface area contributed by atoms with E-state index in [9.17, 15) is 4.79 Å². The van der Waals surface area contributed by atoms with Crippen LogP contribution < -0.4 is 29.0 Å². The summed E-state index contributed by atoms with van der Waals surface area (Å²) in [6.07, 6.45) is 3.08. The first-order valence-corrected chi connectivity index (χ1v) is 12.3. The number of nitrogens with one attached hydrogen (secondary N) is 1. The monoisotopic (exact) mass is 536 g/mol. The van der Waals surface area contributed by atoms with Crippen molar-refractivity contribution in [2.24, 2.45) is 0 Å². The molecule has 2 aromatic heterocycles. The summed E-state index contributed by atoms with van der Waals surface area (Å²) in [7, 11) is 7.79. The molecule has 1 N–H and O–H groups in total. The van der Waals surface area contributed by atoms with Crippen molar-refractivity contribution < 1.29 is 28.5 Å². The van der Waals surface area contributed by atoms with Crippen molar-refractivity contribution in [3.63, 3.8) is 0 Å². The molecule has 0 aliphatic heterocycles. The molecule has 10 nitrogen and oxygen atoms in total. The van der Waals surface area contributed by atoms with Gasteiger partial charge in [-0.05, 0) is 48.9 Å². The summed E-state index contributed by atoms with van der Waals surface area (Å²) < 4.78 is 28.4. The molecule has 2 aromatic carbocycles. The molecule has 198 valence electrons. The zero-order valence-electron chi connectivity index (χ0n) is 21.9. The Bertz CT molecular complexity index is 1450. The molecule has 0 aliphatic rings.